The van der Waals surface area contributed by atoms with E-state index < -0.39 is 24.4 Å². The predicted molar refractivity (Wildman–Crippen MR) is 94.3 cm³/mol. The quantitative estimate of drug-likeness (QED) is 0.664. The zero-order valence-electron chi connectivity index (χ0n) is 15.8. The average Bonchev–Trinajstić information content (AvgIpc) is 3.15. The maximum atomic E-state index is 12.4. The highest BCUT2D eigenvalue weighted by molar-refractivity contribution is 5.83. The molecule has 5 aliphatic rings. The summed E-state index contributed by atoms with van der Waals surface area (Å²) in [7, 11) is 0. The van der Waals surface area contributed by atoms with Crippen LogP contribution in [0.5, 0.6) is 0 Å². The van der Waals surface area contributed by atoms with Gasteiger partial charge in [0.05, 0.1) is 12.2 Å². The second kappa shape index (κ2) is 5.85. The van der Waals surface area contributed by atoms with E-state index in [2.05, 4.69) is 6.92 Å². The van der Waals surface area contributed by atoms with Gasteiger partial charge < -0.3 is 20.1 Å². The monoisotopic (exact) mass is 378 g/mol. The van der Waals surface area contributed by atoms with Gasteiger partial charge in [0.1, 0.15) is 12.4 Å². The number of rotatable bonds is 2. The summed E-state index contributed by atoms with van der Waals surface area (Å²) in [4.78, 5) is 24.5. The van der Waals surface area contributed by atoms with Crippen molar-refractivity contribution in [1.29, 1.82) is 0 Å². The number of aliphatic hydroxyl groups is 3. The average molecular weight is 378 g/mol. The van der Waals surface area contributed by atoms with Gasteiger partial charge in [0.2, 0.25) is 0 Å². The predicted octanol–water partition coefficient (Wildman–Crippen LogP) is 1.05. The molecule has 2 bridgehead atoms. The lowest BCUT2D eigenvalue weighted by molar-refractivity contribution is -0.177. The molecule has 0 aromatic carbocycles. The van der Waals surface area contributed by atoms with Crippen LogP contribution in [0.3, 0.4) is 0 Å². The first-order valence-electron chi connectivity index (χ1n) is 10.5. The fourth-order valence-electron chi connectivity index (χ4n) is 8.33. The molecule has 6 nitrogen and oxygen atoms in total. The van der Waals surface area contributed by atoms with Crippen molar-refractivity contribution in [3.05, 3.63) is 0 Å². The SMILES string of the molecule is C[C@]12CCC(=O)C[C@@H]1[C@@H](O)C[C@@H]1[C@@H]2[C@@H]2C[C@]3(C(O)O2)[C@@H](C(=O)CO)CC[C@@H]13. The number of ketones is 2. The minimum Gasteiger partial charge on any atom is -0.393 e. The van der Waals surface area contributed by atoms with E-state index in [-0.39, 0.29) is 52.7 Å². The molecule has 1 saturated heterocycles. The molecule has 1 aliphatic heterocycles. The first-order chi connectivity index (χ1) is 12.8. The van der Waals surface area contributed by atoms with Crippen LogP contribution in [0.1, 0.15) is 51.9 Å². The first-order valence-corrected chi connectivity index (χ1v) is 10.5. The van der Waals surface area contributed by atoms with Crippen LogP contribution in [0.25, 0.3) is 0 Å². The first kappa shape index (κ1) is 18.2. The molecule has 150 valence electrons. The van der Waals surface area contributed by atoms with E-state index in [1.165, 1.54) is 0 Å². The van der Waals surface area contributed by atoms with Crippen LogP contribution in [0.4, 0.5) is 0 Å². The van der Waals surface area contributed by atoms with Crippen LogP contribution in [0.2, 0.25) is 0 Å². The van der Waals surface area contributed by atoms with Crippen molar-refractivity contribution in [3.8, 4) is 0 Å². The van der Waals surface area contributed by atoms with Crippen molar-refractivity contribution in [2.45, 2.75) is 70.4 Å². The minimum atomic E-state index is -0.981. The van der Waals surface area contributed by atoms with Crippen LogP contribution in [-0.4, -0.2) is 52.0 Å². The number of hydrogen-bond donors (Lipinski definition) is 3. The molecule has 0 radical (unpaired) electrons. The number of hydrogen-bond acceptors (Lipinski definition) is 6. The number of carbonyl (C=O) groups is 2. The van der Waals surface area contributed by atoms with Crippen molar-refractivity contribution >= 4 is 11.6 Å². The summed E-state index contributed by atoms with van der Waals surface area (Å²) in [5, 5.41) is 31.3. The summed E-state index contributed by atoms with van der Waals surface area (Å²) in [5.41, 5.74) is -0.782. The second-order valence-electron chi connectivity index (χ2n) is 10.1. The highest BCUT2D eigenvalue weighted by Crippen LogP contribution is 2.71. The van der Waals surface area contributed by atoms with Crippen molar-refractivity contribution in [2.75, 3.05) is 6.61 Å². The molecule has 4 saturated carbocycles. The lowest BCUT2D eigenvalue weighted by atomic mass is 9.43. The second-order valence-corrected chi connectivity index (χ2v) is 10.1. The van der Waals surface area contributed by atoms with Gasteiger partial charge in [-0.3, -0.25) is 9.59 Å². The molecular weight excluding hydrogens is 348 g/mol. The fourth-order valence-corrected chi connectivity index (χ4v) is 8.33. The molecule has 0 amide bonds. The van der Waals surface area contributed by atoms with Gasteiger partial charge in [-0.2, -0.15) is 0 Å². The van der Waals surface area contributed by atoms with Crippen molar-refractivity contribution in [3.63, 3.8) is 0 Å². The fraction of sp³-hybridized carbons (Fsp3) is 0.905. The standard InChI is InChI=1S/C21H30O6/c1-20-5-4-10(23)6-14(20)15(24)7-11-12-2-3-13(16(25)9-22)21(12)8-17(18(11)20)27-19(21)26/h11-15,17-19,22,24,26H,2-9H2,1H3/t11-,12-,13+,14+,15-,17-,18+,19?,20-,21+/m0/s1. The Morgan fingerprint density at radius 2 is 2.04 bits per heavy atom. The molecule has 5 fully saturated rings. The molecular formula is C21H30O6. The summed E-state index contributed by atoms with van der Waals surface area (Å²) in [6, 6.07) is 0. The van der Waals surface area contributed by atoms with Gasteiger partial charge in [-0.1, -0.05) is 6.92 Å². The van der Waals surface area contributed by atoms with E-state index in [0.717, 1.165) is 12.8 Å². The molecule has 0 aromatic heterocycles. The van der Waals surface area contributed by atoms with Gasteiger partial charge in [-0.25, -0.2) is 0 Å². The van der Waals surface area contributed by atoms with Crippen LogP contribution < -0.4 is 0 Å². The lowest BCUT2D eigenvalue weighted by Crippen LogP contribution is -2.61. The Kier molecular flexibility index (Phi) is 3.95. The van der Waals surface area contributed by atoms with Gasteiger partial charge in [-0.05, 0) is 61.2 Å². The summed E-state index contributed by atoms with van der Waals surface area (Å²) < 4.78 is 6.12. The Hall–Kier alpha value is -0.820. The number of aliphatic hydroxyl groups excluding tert-OH is 3. The molecule has 4 aliphatic carbocycles. The Balaban J connectivity index is 1.56. The summed E-state index contributed by atoms with van der Waals surface area (Å²) >= 11 is 0. The molecule has 27 heavy (non-hydrogen) atoms. The maximum Gasteiger partial charge on any atom is 0.162 e. The summed E-state index contributed by atoms with van der Waals surface area (Å²) in [5.74, 6) is 0.181. The minimum absolute atomic E-state index is 0.0369. The highest BCUT2D eigenvalue weighted by Gasteiger charge is 2.72. The van der Waals surface area contributed by atoms with Crippen molar-refractivity contribution in [1.82, 2.24) is 0 Å². The van der Waals surface area contributed by atoms with Gasteiger partial charge >= 0.3 is 0 Å². The topological polar surface area (TPSA) is 104 Å². The zero-order chi connectivity index (χ0) is 19.1. The Morgan fingerprint density at radius 3 is 2.78 bits per heavy atom. The zero-order valence-corrected chi connectivity index (χ0v) is 15.8. The highest BCUT2D eigenvalue weighted by atomic mass is 16.6. The van der Waals surface area contributed by atoms with E-state index in [1.807, 2.05) is 0 Å². The molecule has 1 spiro atoms. The van der Waals surface area contributed by atoms with Crippen LogP contribution in [-0.2, 0) is 14.3 Å². The number of fused-ring (bicyclic) bond motifs is 6. The smallest absolute Gasteiger partial charge is 0.162 e. The molecule has 6 heteroatoms. The van der Waals surface area contributed by atoms with Crippen molar-refractivity contribution in [2.24, 2.45) is 40.4 Å². The maximum absolute atomic E-state index is 12.4. The molecule has 1 heterocycles. The number of carbonyl (C=O) groups excluding carboxylic acids is 2. The molecule has 1 unspecified atom stereocenters. The molecule has 5 rings (SSSR count). The van der Waals surface area contributed by atoms with E-state index >= 15 is 0 Å². The van der Waals surface area contributed by atoms with Crippen LogP contribution in [0, 0.1) is 40.4 Å². The van der Waals surface area contributed by atoms with Gasteiger partial charge in [0, 0.05) is 24.2 Å². The van der Waals surface area contributed by atoms with Gasteiger partial charge in [-0.15, -0.1) is 0 Å². The molecule has 3 N–H and O–H groups in total. The van der Waals surface area contributed by atoms with E-state index in [4.69, 9.17) is 4.74 Å². The third-order valence-electron chi connectivity index (χ3n) is 9.32. The Bertz CT molecular complexity index is 678. The van der Waals surface area contributed by atoms with Crippen molar-refractivity contribution < 1.29 is 29.6 Å². The molecule has 10 atom stereocenters. The lowest BCUT2D eigenvalue weighted by Gasteiger charge is -2.60. The van der Waals surface area contributed by atoms with E-state index in [9.17, 15) is 24.9 Å². The van der Waals surface area contributed by atoms with E-state index in [1.54, 1.807) is 0 Å². The van der Waals surface area contributed by atoms with Gasteiger partial charge in [0.15, 0.2) is 12.1 Å². The van der Waals surface area contributed by atoms with Crippen LogP contribution >= 0.6 is 0 Å². The molecule has 0 aromatic rings. The van der Waals surface area contributed by atoms with Crippen LogP contribution in [0.15, 0.2) is 0 Å². The largest absolute Gasteiger partial charge is 0.393 e. The Morgan fingerprint density at radius 1 is 1.26 bits per heavy atom. The Labute approximate surface area is 159 Å². The third kappa shape index (κ3) is 2.16. The van der Waals surface area contributed by atoms with Gasteiger partial charge in [0.25, 0.3) is 0 Å². The number of ether oxygens (including phenoxy) is 1. The normalized spacial score (nSPS) is 56.4. The third-order valence-corrected chi connectivity index (χ3v) is 9.32. The summed E-state index contributed by atoms with van der Waals surface area (Å²) in [6.45, 7) is 1.71. The number of Topliss-reactive ketones (excluding diaryl/α,β-unsaturated/α-hetero) is 2. The summed E-state index contributed by atoms with van der Waals surface area (Å²) in [6.07, 6.45) is 2.92. The van der Waals surface area contributed by atoms with E-state index in [0.29, 0.717) is 32.1 Å².